The quantitative estimate of drug-likeness (QED) is 0.791. The van der Waals surface area contributed by atoms with Gasteiger partial charge in [-0.05, 0) is 37.5 Å². The van der Waals surface area contributed by atoms with Gasteiger partial charge >= 0.3 is 0 Å². The number of carbonyl (C=O) groups is 1. The molecule has 1 aliphatic carbocycles. The third-order valence-corrected chi connectivity index (χ3v) is 5.90. The van der Waals surface area contributed by atoms with Gasteiger partial charge in [0.1, 0.15) is 0 Å². The van der Waals surface area contributed by atoms with E-state index in [-0.39, 0.29) is 11.6 Å². The van der Waals surface area contributed by atoms with Crippen molar-refractivity contribution in [2.24, 2.45) is 5.92 Å². The summed E-state index contributed by atoms with van der Waals surface area (Å²) in [4.78, 5) is 33.1. The molecule has 7 nitrogen and oxygen atoms in total. The minimum absolute atomic E-state index is 0.0506. The van der Waals surface area contributed by atoms with Gasteiger partial charge < -0.3 is 4.90 Å². The zero-order chi connectivity index (χ0) is 18.4. The van der Waals surface area contributed by atoms with Gasteiger partial charge in [-0.25, -0.2) is 4.68 Å². The first-order valence-corrected chi connectivity index (χ1v) is 9.72. The van der Waals surface area contributed by atoms with Crippen LogP contribution in [0.1, 0.15) is 19.3 Å². The zero-order valence-corrected chi connectivity index (χ0v) is 15.2. The van der Waals surface area contributed by atoms with Crippen LogP contribution in [0.2, 0.25) is 0 Å². The molecule has 3 aliphatic rings. The normalized spacial score (nSPS) is 23.6. The van der Waals surface area contributed by atoms with Gasteiger partial charge in [-0.1, -0.05) is 0 Å². The van der Waals surface area contributed by atoms with E-state index in [9.17, 15) is 9.59 Å². The second-order valence-corrected chi connectivity index (χ2v) is 7.86. The summed E-state index contributed by atoms with van der Waals surface area (Å²) in [7, 11) is 0. The van der Waals surface area contributed by atoms with Crippen molar-refractivity contribution in [2.45, 2.75) is 37.9 Å². The molecule has 27 heavy (non-hydrogen) atoms. The van der Waals surface area contributed by atoms with E-state index < -0.39 is 0 Å². The van der Waals surface area contributed by atoms with E-state index in [2.05, 4.69) is 19.9 Å². The number of nitrogens with zero attached hydrogens (tertiary/aromatic N) is 5. The molecule has 7 heteroatoms. The number of rotatable bonds is 5. The maximum absolute atomic E-state index is 12.6. The molecule has 0 aromatic carbocycles. The third-order valence-electron chi connectivity index (χ3n) is 5.90. The Morgan fingerprint density at radius 1 is 1.00 bits per heavy atom. The van der Waals surface area contributed by atoms with Crippen molar-refractivity contribution in [2.75, 3.05) is 19.6 Å². The molecule has 0 bridgehead atoms. The van der Waals surface area contributed by atoms with Gasteiger partial charge in [0.05, 0.1) is 18.3 Å². The number of hydrogen-bond acceptors (Lipinski definition) is 5. The van der Waals surface area contributed by atoms with Crippen LogP contribution in [-0.2, 0) is 11.3 Å². The number of aromatic nitrogens is 3. The monoisotopic (exact) mass is 365 g/mol. The van der Waals surface area contributed by atoms with Crippen molar-refractivity contribution in [3.05, 3.63) is 47.0 Å². The standard InChI is InChI=1S/C20H23N5O2/c26-19-4-3-17(15-5-8-21-9-6-15)22-25(19)13-14-11-23(12-14)18-7-10-24(20(18)27)16-1-2-16/h3-6,8-9,14,16,18H,1-2,7,10-13H2. The predicted molar refractivity (Wildman–Crippen MR) is 99.9 cm³/mol. The van der Waals surface area contributed by atoms with Crippen molar-refractivity contribution in [3.63, 3.8) is 0 Å². The van der Waals surface area contributed by atoms with Gasteiger partial charge in [-0.3, -0.25) is 19.5 Å². The fraction of sp³-hybridized carbons (Fsp3) is 0.500. The Morgan fingerprint density at radius 2 is 1.78 bits per heavy atom. The Balaban J connectivity index is 1.23. The number of likely N-dealkylation sites (tertiary alicyclic amines) is 2. The van der Waals surface area contributed by atoms with E-state index in [1.807, 2.05) is 12.1 Å². The van der Waals surface area contributed by atoms with Crippen LogP contribution in [0.25, 0.3) is 11.3 Å². The average Bonchev–Trinajstić information content (AvgIpc) is 3.43. The molecular formula is C20H23N5O2. The van der Waals surface area contributed by atoms with Gasteiger partial charge in [0.2, 0.25) is 5.91 Å². The lowest BCUT2D eigenvalue weighted by Crippen LogP contribution is -2.56. The molecule has 2 aliphatic heterocycles. The average molecular weight is 365 g/mol. The summed E-state index contributed by atoms with van der Waals surface area (Å²) in [5.41, 5.74) is 1.65. The number of pyridine rings is 1. The molecule has 1 unspecified atom stereocenters. The summed E-state index contributed by atoms with van der Waals surface area (Å²) in [6.45, 7) is 3.23. The Hall–Kier alpha value is -2.54. The van der Waals surface area contributed by atoms with Crippen LogP contribution in [0.4, 0.5) is 0 Å². The van der Waals surface area contributed by atoms with Crippen molar-refractivity contribution in [1.82, 2.24) is 24.6 Å². The SMILES string of the molecule is O=C1C(N2CC(Cn3nc(-c4ccncc4)ccc3=O)C2)CCN1C1CC1. The first-order chi connectivity index (χ1) is 13.2. The number of amides is 1. The second-order valence-electron chi connectivity index (χ2n) is 7.86. The summed E-state index contributed by atoms with van der Waals surface area (Å²) in [5, 5.41) is 4.53. The van der Waals surface area contributed by atoms with E-state index in [1.54, 1.807) is 29.2 Å². The molecule has 140 valence electrons. The molecule has 0 radical (unpaired) electrons. The highest BCUT2D eigenvalue weighted by atomic mass is 16.2. The Bertz CT molecular complexity index is 902. The van der Waals surface area contributed by atoms with Crippen LogP contribution >= 0.6 is 0 Å². The fourth-order valence-corrected chi connectivity index (χ4v) is 4.25. The fourth-order valence-electron chi connectivity index (χ4n) is 4.25. The topological polar surface area (TPSA) is 71.3 Å². The van der Waals surface area contributed by atoms with Crippen LogP contribution in [0, 0.1) is 5.92 Å². The largest absolute Gasteiger partial charge is 0.338 e. The third kappa shape index (κ3) is 3.16. The molecule has 1 saturated carbocycles. The van der Waals surface area contributed by atoms with E-state index in [4.69, 9.17) is 0 Å². The summed E-state index contributed by atoms with van der Waals surface area (Å²) >= 11 is 0. The van der Waals surface area contributed by atoms with Gasteiger partial charge in [-0.15, -0.1) is 0 Å². The zero-order valence-electron chi connectivity index (χ0n) is 15.2. The summed E-state index contributed by atoms with van der Waals surface area (Å²) in [6, 6.07) is 7.67. The molecule has 1 amide bonds. The van der Waals surface area contributed by atoms with Crippen molar-refractivity contribution in [3.8, 4) is 11.3 Å². The molecule has 3 fully saturated rings. The minimum atomic E-state index is -0.0805. The number of hydrogen-bond donors (Lipinski definition) is 0. The van der Waals surface area contributed by atoms with Crippen molar-refractivity contribution < 1.29 is 4.79 Å². The molecule has 0 spiro atoms. The highest BCUT2D eigenvalue weighted by Gasteiger charge is 2.45. The number of carbonyl (C=O) groups excluding carboxylic acids is 1. The molecule has 4 heterocycles. The van der Waals surface area contributed by atoms with Gasteiger partial charge in [0.25, 0.3) is 5.56 Å². The highest BCUT2D eigenvalue weighted by Crippen LogP contribution is 2.34. The van der Waals surface area contributed by atoms with Gasteiger partial charge in [-0.2, -0.15) is 5.10 Å². The molecule has 0 N–H and O–H groups in total. The Labute approximate surface area is 157 Å². The molecule has 5 rings (SSSR count). The lowest BCUT2D eigenvalue weighted by atomic mass is 9.97. The van der Waals surface area contributed by atoms with E-state index >= 15 is 0 Å². The van der Waals surface area contributed by atoms with E-state index in [0.29, 0.717) is 24.4 Å². The second kappa shape index (κ2) is 6.56. The molecule has 2 aromatic heterocycles. The lowest BCUT2D eigenvalue weighted by Gasteiger charge is -2.42. The first-order valence-electron chi connectivity index (χ1n) is 9.72. The summed E-state index contributed by atoms with van der Waals surface area (Å²) in [5.74, 6) is 0.677. The van der Waals surface area contributed by atoms with Crippen molar-refractivity contribution in [1.29, 1.82) is 0 Å². The van der Waals surface area contributed by atoms with Gasteiger partial charge in [0, 0.05) is 55.6 Å². The van der Waals surface area contributed by atoms with E-state index in [0.717, 1.165) is 37.3 Å². The molecule has 1 atom stereocenters. The summed E-state index contributed by atoms with van der Waals surface area (Å²) in [6.07, 6.45) is 6.73. The van der Waals surface area contributed by atoms with Crippen LogP contribution in [0.3, 0.4) is 0 Å². The van der Waals surface area contributed by atoms with Gasteiger partial charge in [0.15, 0.2) is 0 Å². The highest BCUT2D eigenvalue weighted by molar-refractivity contribution is 5.84. The van der Waals surface area contributed by atoms with Crippen molar-refractivity contribution >= 4 is 5.91 Å². The van der Waals surface area contributed by atoms with Crippen LogP contribution in [0.15, 0.2) is 41.5 Å². The lowest BCUT2D eigenvalue weighted by molar-refractivity contribution is -0.135. The predicted octanol–water partition coefficient (Wildman–Crippen LogP) is 1.00. The smallest absolute Gasteiger partial charge is 0.266 e. The maximum Gasteiger partial charge on any atom is 0.266 e. The molecule has 2 aromatic rings. The van der Waals surface area contributed by atoms with Crippen LogP contribution in [-0.4, -0.2) is 62.2 Å². The summed E-state index contributed by atoms with van der Waals surface area (Å²) < 4.78 is 1.56. The van der Waals surface area contributed by atoms with E-state index in [1.165, 1.54) is 12.8 Å². The maximum atomic E-state index is 12.6. The molecular weight excluding hydrogens is 342 g/mol. The van der Waals surface area contributed by atoms with Crippen LogP contribution in [0.5, 0.6) is 0 Å². The Kier molecular flexibility index (Phi) is 4.04. The molecule has 2 saturated heterocycles. The van der Waals surface area contributed by atoms with Crippen LogP contribution < -0.4 is 5.56 Å². The first kappa shape index (κ1) is 16.6. The minimum Gasteiger partial charge on any atom is -0.338 e. The Morgan fingerprint density at radius 3 is 2.52 bits per heavy atom.